The monoisotopic (exact) mass is 397 g/mol. The summed E-state index contributed by atoms with van der Waals surface area (Å²) in [6.45, 7) is 4.49. The number of hydrogen-bond acceptors (Lipinski definition) is 4. The number of amides is 1. The standard InChI is InChI=1S/C23H31N3O3/c1-28-18-2-3-21-19(14-18)20(15-24-21)16-4-9-25(10-5-16)22-6-11-26(23(22)27)17-7-12-29-13-8-17/h2-3,14-17,22,24H,4-13H2,1H3/t22-/m0/s1. The maximum absolute atomic E-state index is 13.1. The zero-order valence-electron chi connectivity index (χ0n) is 17.2. The maximum atomic E-state index is 13.1. The van der Waals surface area contributed by atoms with E-state index in [1.54, 1.807) is 7.11 Å². The van der Waals surface area contributed by atoms with E-state index in [0.29, 0.717) is 17.9 Å². The van der Waals surface area contributed by atoms with E-state index in [-0.39, 0.29) is 6.04 Å². The van der Waals surface area contributed by atoms with E-state index in [1.165, 1.54) is 16.5 Å². The van der Waals surface area contributed by atoms with Gasteiger partial charge in [0.1, 0.15) is 5.75 Å². The number of ether oxygens (including phenoxy) is 2. The number of H-pyrrole nitrogens is 1. The van der Waals surface area contributed by atoms with Crippen LogP contribution < -0.4 is 4.74 Å². The van der Waals surface area contributed by atoms with Gasteiger partial charge in [0.2, 0.25) is 5.91 Å². The number of nitrogens with zero attached hydrogens (tertiary/aromatic N) is 2. The van der Waals surface area contributed by atoms with Gasteiger partial charge in [0.05, 0.1) is 13.2 Å². The van der Waals surface area contributed by atoms with Gasteiger partial charge in [-0.2, -0.15) is 0 Å². The highest BCUT2D eigenvalue weighted by Crippen LogP contribution is 2.36. The number of benzene rings is 1. The molecule has 5 rings (SSSR count). The fourth-order valence-corrected chi connectivity index (χ4v) is 5.49. The predicted molar refractivity (Wildman–Crippen MR) is 112 cm³/mol. The Morgan fingerprint density at radius 3 is 2.62 bits per heavy atom. The third kappa shape index (κ3) is 3.53. The average molecular weight is 398 g/mol. The Balaban J connectivity index is 1.23. The highest BCUT2D eigenvalue weighted by atomic mass is 16.5. The van der Waals surface area contributed by atoms with Crippen LogP contribution >= 0.6 is 0 Å². The summed E-state index contributed by atoms with van der Waals surface area (Å²) >= 11 is 0. The van der Waals surface area contributed by atoms with Crippen molar-refractivity contribution >= 4 is 16.8 Å². The van der Waals surface area contributed by atoms with Crippen LogP contribution in [0.25, 0.3) is 10.9 Å². The molecule has 0 bridgehead atoms. The van der Waals surface area contributed by atoms with Crippen LogP contribution in [0.3, 0.4) is 0 Å². The van der Waals surface area contributed by atoms with Crippen LogP contribution in [0.4, 0.5) is 0 Å². The van der Waals surface area contributed by atoms with Gasteiger partial charge < -0.3 is 19.4 Å². The van der Waals surface area contributed by atoms with Crippen LogP contribution in [0.2, 0.25) is 0 Å². The lowest BCUT2D eigenvalue weighted by molar-refractivity contribution is -0.136. The molecule has 3 fully saturated rings. The van der Waals surface area contributed by atoms with Crippen molar-refractivity contribution in [1.29, 1.82) is 0 Å². The Morgan fingerprint density at radius 1 is 1.07 bits per heavy atom. The lowest BCUT2D eigenvalue weighted by Crippen LogP contribution is -2.48. The number of carbonyl (C=O) groups is 1. The summed E-state index contributed by atoms with van der Waals surface area (Å²) in [6.07, 6.45) is 7.33. The van der Waals surface area contributed by atoms with Crippen molar-refractivity contribution in [3.63, 3.8) is 0 Å². The van der Waals surface area contributed by atoms with Gasteiger partial charge in [-0.05, 0) is 74.9 Å². The summed E-state index contributed by atoms with van der Waals surface area (Å²) in [6, 6.07) is 6.71. The second-order valence-corrected chi connectivity index (χ2v) is 8.65. The van der Waals surface area contributed by atoms with Crippen molar-refractivity contribution in [2.45, 2.75) is 50.1 Å². The fourth-order valence-electron chi connectivity index (χ4n) is 5.49. The Bertz CT molecular complexity index is 865. The zero-order chi connectivity index (χ0) is 19.8. The normalized spacial score (nSPS) is 25.2. The minimum absolute atomic E-state index is 0.0851. The second kappa shape index (κ2) is 8.00. The lowest BCUT2D eigenvalue weighted by atomic mass is 9.88. The SMILES string of the molecule is COc1ccc2[nH]cc(C3CCN([C@H]4CCN(C5CCOCC5)C4=O)CC3)c2c1. The molecule has 0 aliphatic carbocycles. The number of piperidine rings is 1. The van der Waals surface area contributed by atoms with Crippen LogP contribution in [-0.4, -0.2) is 72.7 Å². The van der Waals surface area contributed by atoms with E-state index < -0.39 is 0 Å². The number of aromatic nitrogens is 1. The van der Waals surface area contributed by atoms with Crippen molar-refractivity contribution in [3.8, 4) is 5.75 Å². The number of aromatic amines is 1. The molecular formula is C23H31N3O3. The first-order valence-electron chi connectivity index (χ1n) is 11.0. The summed E-state index contributed by atoms with van der Waals surface area (Å²) in [4.78, 5) is 21.1. The molecule has 1 aromatic heterocycles. The number of likely N-dealkylation sites (tertiary alicyclic amines) is 2. The van der Waals surface area contributed by atoms with Crippen molar-refractivity contribution in [2.24, 2.45) is 0 Å². The largest absolute Gasteiger partial charge is 0.497 e. The molecule has 1 N–H and O–H groups in total. The fraction of sp³-hybridized carbons (Fsp3) is 0.609. The Morgan fingerprint density at radius 2 is 1.86 bits per heavy atom. The molecule has 3 aliphatic heterocycles. The number of methoxy groups -OCH3 is 1. The Hall–Kier alpha value is -2.05. The molecule has 3 aliphatic rings. The van der Waals surface area contributed by atoms with E-state index in [9.17, 15) is 4.79 Å². The minimum Gasteiger partial charge on any atom is -0.497 e. The maximum Gasteiger partial charge on any atom is 0.240 e. The van der Waals surface area contributed by atoms with Gasteiger partial charge in [-0.1, -0.05) is 0 Å². The molecule has 3 saturated heterocycles. The molecule has 0 radical (unpaired) electrons. The van der Waals surface area contributed by atoms with E-state index >= 15 is 0 Å². The predicted octanol–water partition coefficient (Wildman–Crippen LogP) is 3.14. The van der Waals surface area contributed by atoms with Gasteiger partial charge in [-0.3, -0.25) is 9.69 Å². The molecule has 1 atom stereocenters. The number of hydrogen-bond donors (Lipinski definition) is 1. The first kappa shape index (κ1) is 18.9. The summed E-state index contributed by atoms with van der Waals surface area (Å²) < 4.78 is 10.9. The van der Waals surface area contributed by atoms with Gasteiger partial charge in [0.15, 0.2) is 0 Å². The molecule has 2 aromatic rings. The summed E-state index contributed by atoms with van der Waals surface area (Å²) in [5.41, 5.74) is 2.56. The highest BCUT2D eigenvalue weighted by molar-refractivity contribution is 5.85. The Kier molecular flexibility index (Phi) is 5.22. The molecule has 29 heavy (non-hydrogen) atoms. The molecule has 156 valence electrons. The van der Waals surface area contributed by atoms with Crippen LogP contribution in [-0.2, 0) is 9.53 Å². The first-order valence-corrected chi connectivity index (χ1v) is 11.0. The molecule has 1 amide bonds. The lowest BCUT2D eigenvalue weighted by Gasteiger charge is -2.36. The average Bonchev–Trinajstić information content (AvgIpc) is 3.37. The van der Waals surface area contributed by atoms with Gasteiger partial charge in [-0.25, -0.2) is 0 Å². The van der Waals surface area contributed by atoms with Gasteiger partial charge in [-0.15, -0.1) is 0 Å². The van der Waals surface area contributed by atoms with Crippen molar-refractivity contribution in [3.05, 3.63) is 30.0 Å². The molecular weight excluding hydrogens is 366 g/mol. The van der Waals surface area contributed by atoms with Crippen LogP contribution in [0.15, 0.2) is 24.4 Å². The minimum atomic E-state index is 0.0851. The third-order valence-corrected chi connectivity index (χ3v) is 7.17. The molecule has 6 nitrogen and oxygen atoms in total. The number of nitrogens with one attached hydrogen (secondary N) is 1. The van der Waals surface area contributed by atoms with Gasteiger partial charge in [0.25, 0.3) is 0 Å². The van der Waals surface area contributed by atoms with E-state index in [4.69, 9.17) is 9.47 Å². The van der Waals surface area contributed by atoms with Gasteiger partial charge in [0, 0.05) is 42.9 Å². The van der Waals surface area contributed by atoms with Crippen molar-refractivity contribution in [2.75, 3.05) is 40.0 Å². The number of fused-ring (bicyclic) bond motifs is 1. The molecule has 0 unspecified atom stereocenters. The Labute approximate surface area is 172 Å². The smallest absolute Gasteiger partial charge is 0.240 e. The third-order valence-electron chi connectivity index (χ3n) is 7.17. The second-order valence-electron chi connectivity index (χ2n) is 8.65. The van der Waals surface area contributed by atoms with E-state index in [2.05, 4.69) is 33.1 Å². The molecule has 0 spiro atoms. The molecule has 0 saturated carbocycles. The molecule has 1 aromatic carbocycles. The molecule has 4 heterocycles. The summed E-state index contributed by atoms with van der Waals surface area (Å²) in [7, 11) is 1.72. The number of carbonyl (C=O) groups excluding carboxylic acids is 1. The van der Waals surface area contributed by atoms with E-state index in [0.717, 1.165) is 70.7 Å². The van der Waals surface area contributed by atoms with Crippen molar-refractivity contribution in [1.82, 2.24) is 14.8 Å². The summed E-state index contributed by atoms with van der Waals surface area (Å²) in [5, 5.41) is 1.27. The zero-order valence-corrected chi connectivity index (χ0v) is 17.2. The quantitative estimate of drug-likeness (QED) is 0.861. The number of rotatable bonds is 4. The van der Waals surface area contributed by atoms with Crippen LogP contribution in [0, 0.1) is 0 Å². The summed E-state index contributed by atoms with van der Waals surface area (Å²) in [5.74, 6) is 1.79. The van der Waals surface area contributed by atoms with Crippen molar-refractivity contribution < 1.29 is 14.3 Å². The highest BCUT2D eigenvalue weighted by Gasteiger charge is 2.40. The first-order chi connectivity index (χ1) is 14.2. The van der Waals surface area contributed by atoms with Gasteiger partial charge >= 0.3 is 0 Å². The molecule has 6 heteroatoms. The van der Waals surface area contributed by atoms with E-state index in [1.807, 2.05) is 6.07 Å². The topological polar surface area (TPSA) is 57.8 Å². The van der Waals surface area contributed by atoms with Crippen LogP contribution in [0.1, 0.15) is 43.6 Å². The van der Waals surface area contributed by atoms with Crippen LogP contribution in [0.5, 0.6) is 5.75 Å².